The number of nitrogens with one attached hydrogen (secondary N) is 1. The second-order valence-electron chi connectivity index (χ2n) is 7.02. The molecule has 4 rings (SSSR count). The Morgan fingerprint density at radius 2 is 1.82 bits per heavy atom. The van der Waals surface area contributed by atoms with Gasteiger partial charge >= 0.3 is 0 Å². The Labute approximate surface area is 105 Å². The molecular weight excluding hydrogens is 208 g/mol. The molecule has 4 aliphatic rings. The molecule has 2 heteroatoms. The van der Waals surface area contributed by atoms with E-state index in [0.717, 1.165) is 30.0 Å². The van der Waals surface area contributed by atoms with Crippen molar-refractivity contribution in [3.05, 3.63) is 0 Å². The summed E-state index contributed by atoms with van der Waals surface area (Å²) in [4.78, 5) is 2.85. The molecule has 4 atom stereocenters. The molecule has 4 fully saturated rings. The van der Waals surface area contributed by atoms with Gasteiger partial charge in [-0.2, -0.15) is 0 Å². The number of piperidine rings is 1. The highest BCUT2D eigenvalue weighted by Gasteiger charge is 2.43. The summed E-state index contributed by atoms with van der Waals surface area (Å²) >= 11 is 0. The molecule has 0 aromatic rings. The molecule has 4 unspecified atom stereocenters. The van der Waals surface area contributed by atoms with Gasteiger partial charge in [-0.1, -0.05) is 6.42 Å². The summed E-state index contributed by atoms with van der Waals surface area (Å²) in [6.07, 6.45) is 11.9. The minimum atomic E-state index is 0.815. The maximum atomic E-state index is 3.85. The van der Waals surface area contributed by atoms with Crippen LogP contribution in [0, 0.1) is 11.8 Å². The van der Waals surface area contributed by atoms with Crippen molar-refractivity contribution in [2.75, 3.05) is 13.1 Å². The molecule has 1 heterocycles. The van der Waals surface area contributed by atoms with Crippen molar-refractivity contribution in [3.8, 4) is 0 Å². The summed E-state index contributed by atoms with van der Waals surface area (Å²) < 4.78 is 0. The van der Waals surface area contributed by atoms with Crippen LogP contribution < -0.4 is 5.32 Å². The fraction of sp³-hybridized carbons (Fsp3) is 1.00. The van der Waals surface area contributed by atoms with E-state index < -0.39 is 0 Å². The molecular formula is C15H26N2. The smallest absolute Gasteiger partial charge is 0.0198 e. The Morgan fingerprint density at radius 1 is 0.882 bits per heavy atom. The van der Waals surface area contributed by atoms with Crippen molar-refractivity contribution < 1.29 is 0 Å². The second kappa shape index (κ2) is 4.24. The van der Waals surface area contributed by atoms with Gasteiger partial charge in [0.05, 0.1) is 0 Å². The largest absolute Gasteiger partial charge is 0.310 e. The zero-order chi connectivity index (χ0) is 11.2. The van der Waals surface area contributed by atoms with Crippen LogP contribution in [0.5, 0.6) is 0 Å². The fourth-order valence-electron chi connectivity index (χ4n) is 4.69. The minimum absolute atomic E-state index is 0.815. The lowest BCUT2D eigenvalue weighted by Crippen LogP contribution is -2.51. The molecule has 2 bridgehead atoms. The molecule has 3 aliphatic carbocycles. The summed E-state index contributed by atoms with van der Waals surface area (Å²) in [5, 5.41) is 3.85. The van der Waals surface area contributed by atoms with E-state index >= 15 is 0 Å². The van der Waals surface area contributed by atoms with Gasteiger partial charge in [-0.3, -0.25) is 4.90 Å². The second-order valence-corrected chi connectivity index (χ2v) is 7.02. The van der Waals surface area contributed by atoms with Crippen LogP contribution in [0.15, 0.2) is 0 Å². The van der Waals surface area contributed by atoms with Crippen molar-refractivity contribution in [2.45, 2.75) is 69.5 Å². The van der Waals surface area contributed by atoms with Gasteiger partial charge in [-0.25, -0.2) is 0 Å². The van der Waals surface area contributed by atoms with Gasteiger partial charge in [-0.15, -0.1) is 0 Å². The maximum absolute atomic E-state index is 3.85. The quantitative estimate of drug-likeness (QED) is 0.806. The third-order valence-electron chi connectivity index (χ3n) is 5.67. The number of rotatable bonds is 3. The van der Waals surface area contributed by atoms with E-state index in [4.69, 9.17) is 0 Å². The van der Waals surface area contributed by atoms with Crippen molar-refractivity contribution in [1.29, 1.82) is 0 Å². The normalized spacial score (nSPS) is 46.6. The third kappa shape index (κ3) is 2.15. The van der Waals surface area contributed by atoms with E-state index in [-0.39, 0.29) is 0 Å². The van der Waals surface area contributed by atoms with Crippen LogP contribution in [0.3, 0.4) is 0 Å². The summed E-state index contributed by atoms with van der Waals surface area (Å²) in [5.41, 5.74) is 0. The van der Waals surface area contributed by atoms with E-state index in [2.05, 4.69) is 10.2 Å². The van der Waals surface area contributed by atoms with Gasteiger partial charge in [0, 0.05) is 24.7 Å². The molecule has 3 saturated carbocycles. The lowest BCUT2D eigenvalue weighted by atomic mass is 9.92. The van der Waals surface area contributed by atoms with Crippen LogP contribution >= 0.6 is 0 Å². The summed E-state index contributed by atoms with van der Waals surface area (Å²) in [7, 11) is 0. The monoisotopic (exact) mass is 234 g/mol. The Bertz CT molecular complexity index is 287. The first kappa shape index (κ1) is 10.8. The maximum Gasteiger partial charge on any atom is 0.0198 e. The van der Waals surface area contributed by atoms with Crippen LogP contribution in [0.25, 0.3) is 0 Å². The number of fused-ring (bicyclic) bond motifs is 2. The average molecular weight is 234 g/mol. The molecule has 0 amide bonds. The zero-order valence-corrected chi connectivity index (χ0v) is 10.9. The first-order valence-corrected chi connectivity index (χ1v) is 7.88. The first-order valence-electron chi connectivity index (χ1n) is 7.88. The average Bonchev–Trinajstić information content (AvgIpc) is 2.92. The lowest BCUT2D eigenvalue weighted by Gasteiger charge is -2.40. The molecule has 0 aromatic heterocycles. The number of nitrogens with zero attached hydrogens (tertiary/aromatic N) is 1. The minimum Gasteiger partial charge on any atom is -0.310 e. The van der Waals surface area contributed by atoms with E-state index in [9.17, 15) is 0 Å². The predicted molar refractivity (Wildman–Crippen MR) is 70.0 cm³/mol. The van der Waals surface area contributed by atoms with Crippen LogP contribution in [-0.4, -0.2) is 36.1 Å². The van der Waals surface area contributed by atoms with Crippen molar-refractivity contribution in [2.24, 2.45) is 11.8 Å². The summed E-state index contributed by atoms with van der Waals surface area (Å²) in [6.45, 7) is 2.74. The van der Waals surface area contributed by atoms with Crippen LogP contribution in [0.2, 0.25) is 0 Å². The topological polar surface area (TPSA) is 15.3 Å². The fourth-order valence-corrected chi connectivity index (χ4v) is 4.69. The molecule has 0 radical (unpaired) electrons. The van der Waals surface area contributed by atoms with Crippen molar-refractivity contribution in [1.82, 2.24) is 10.2 Å². The van der Waals surface area contributed by atoms with Crippen LogP contribution in [0.1, 0.15) is 51.4 Å². The molecule has 0 aromatic carbocycles. The zero-order valence-electron chi connectivity index (χ0n) is 10.9. The molecule has 0 spiro atoms. The summed E-state index contributed by atoms with van der Waals surface area (Å²) in [6, 6.07) is 2.67. The van der Waals surface area contributed by atoms with Gasteiger partial charge in [0.15, 0.2) is 0 Å². The predicted octanol–water partition coefficient (Wildman–Crippen LogP) is 2.39. The Balaban J connectivity index is 1.37. The van der Waals surface area contributed by atoms with Crippen molar-refractivity contribution in [3.63, 3.8) is 0 Å². The molecule has 17 heavy (non-hydrogen) atoms. The van der Waals surface area contributed by atoms with Gasteiger partial charge in [0.25, 0.3) is 0 Å². The number of hydrogen-bond acceptors (Lipinski definition) is 2. The van der Waals surface area contributed by atoms with E-state index in [1.165, 1.54) is 51.6 Å². The SMILES string of the molecule is C1CC(NC2CC2)CN(C2CC3CCC2C3)C1. The van der Waals surface area contributed by atoms with Gasteiger partial charge in [-0.05, 0) is 63.3 Å². The van der Waals surface area contributed by atoms with Gasteiger partial charge in [0.1, 0.15) is 0 Å². The van der Waals surface area contributed by atoms with Crippen LogP contribution in [0.4, 0.5) is 0 Å². The highest BCUT2D eigenvalue weighted by molar-refractivity contribution is 4.98. The lowest BCUT2D eigenvalue weighted by molar-refractivity contribution is 0.0992. The van der Waals surface area contributed by atoms with Gasteiger partial charge < -0.3 is 5.32 Å². The Kier molecular flexibility index (Phi) is 2.69. The van der Waals surface area contributed by atoms with E-state index in [1.54, 1.807) is 12.8 Å². The number of hydrogen-bond donors (Lipinski definition) is 1. The first-order chi connectivity index (χ1) is 8.38. The highest BCUT2D eigenvalue weighted by atomic mass is 15.2. The van der Waals surface area contributed by atoms with E-state index in [1.807, 2.05) is 0 Å². The molecule has 1 saturated heterocycles. The molecule has 1 N–H and O–H groups in total. The van der Waals surface area contributed by atoms with Gasteiger partial charge in [0.2, 0.25) is 0 Å². The summed E-state index contributed by atoms with van der Waals surface area (Å²) in [5.74, 6) is 2.17. The highest BCUT2D eigenvalue weighted by Crippen LogP contribution is 2.47. The Morgan fingerprint density at radius 3 is 2.53 bits per heavy atom. The molecule has 96 valence electrons. The molecule has 1 aliphatic heterocycles. The van der Waals surface area contributed by atoms with Crippen molar-refractivity contribution >= 4 is 0 Å². The van der Waals surface area contributed by atoms with Crippen LogP contribution in [-0.2, 0) is 0 Å². The standard InChI is InChI=1S/C15H26N2/c1-2-14(16-13-5-6-13)10-17(7-1)15-9-11-3-4-12(15)8-11/h11-16H,1-10H2. The number of likely N-dealkylation sites (tertiary alicyclic amines) is 1. The van der Waals surface area contributed by atoms with E-state index in [0.29, 0.717) is 0 Å². The Hall–Kier alpha value is -0.0800. The third-order valence-corrected chi connectivity index (χ3v) is 5.67. The molecule has 2 nitrogen and oxygen atoms in total.